The first-order valence-corrected chi connectivity index (χ1v) is 6.30. The Morgan fingerprint density at radius 1 is 1.25 bits per heavy atom. The molecule has 1 aromatic carbocycles. The van der Waals surface area contributed by atoms with Crippen molar-refractivity contribution in [3.8, 4) is 0 Å². The van der Waals surface area contributed by atoms with Crippen molar-refractivity contribution >= 4 is 11.6 Å². The Morgan fingerprint density at radius 2 is 2.12 bits per heavy atom. The van der Waals surface area contributed by atoms with Crippen molar-refractivity contribution in [1.29, 1.82) is 0 Å². The van der Waals surface area contributed by atoms with Gasteiger partial charge in [-0.25, -0.2) is 4.39 Å². The zero-order valence-corrected chi connectivity index (χ0v) is 10.1. The molecule has 88 valence electrons. The minimum atomic E-state index is -0.240. The Labute approximate surface area is 101 Å². The van der Waals surface area contributed by atoms with Crippen LogP contribution in [0.4, 0.5) is 4.39 Å². The Bertz CT molecular complexity index is 326. The molecule has 0 spiro atoms. The molecule has 16 heavy (non-hydrogen) atoms. The fraction of sp³-hybridized carbons (Fsp3) is 0.538. The molecular formula is C13H17ClFN. The summed E-state index contributed by atoms with van der Waals surface area (Å²) >= 11 is 5.84. The van der Waals surface area contributed by atoms with E-state index in [1.807, 2.05) is 6.07 Å². The molecule has 1 saturated heterocycles. The highest BCUT2D eigenvalue weighted by Crippen LogP contribution is 2.18. The van der Waals surface area contributed by atoms with Crippen LogP contribution in [-0.2, 0) is 6.42 Å². The lowest BCUT2D eigenvalue weighted by Gasteiger charge is -2.15. The molecule has 2 rings (SSSR count). The molecule has 0 amide bonds. The fourth-order valence-electron chi connectivity index (χ4n) is 2.29. The van der Waals surface area contributed by atoms with E-state index in [1.165, 1.54) is 31.7 Å². The van der Waals surface area contributed by atoms with Crippen LogP contribution < -0.4 is 5.32 Å². The second-order valence-electron chi connectivity index (χ2n) is 4.48. The number of nitrogens with one attached hydrogen (secondary N) is 1. The highest BCUT2D eigenvalue weighted by Gasteiger charge is 2.12. The Kier molecular flexibility index (Phi) is 4.19. The number of hydrogen-bond acceptors (Lipinski definition) is 1. The van der Waals surface area contributed by atoms with Gasteiger partial charge in [0.05, 0.1) is 0 Å². The largest absolute Gasteiger partial charge is 0.314 e. The molecule has 1 N–H and O–H groups in total. The van der Waals surface area contributed by atoms with E-state index in [1.54, 1.807) is 6.07 Å². The van der Waals surface area contributed by atoms with Gasteiger partial charge in [-0.15, -0.1) is 0 Å². The van der Waals surface area contributed by atoms with E-state index in [0.717, 1.165) is 18.5 Å². The molecule has 3 heteroatoms. The van der Waals surface area contributed by atoms with Crippen LogP contribution in [0.2, 0.25) is 5.02 Å². The first-order valence-electron chi connectivity index (χ1n) is 5.92. The molecule has 0 radical (unpaired) electrons. The third-order valence-electron chi connectivity index (χ3n) is 3.07. The highest BCUT2D eigenvalue weighted by molar-refractivity contribution is 6.30. The summed E-state index contributed by atoms with van der Waals surface area (Å²) in [5, 5.41) is 3.99. The topological polar surface area (TPSA) is 12.0 Å². The first kappa shape index (κ1) is 11.9. The van der Waals surface area contributed by atoms with Gasteiger partial charge in [0.25, 0.3) is 0 Å². The molecule has 1 aromatic rings. The van der Waals surface area contributed by atoms with E-state index in [9.17, 15) is 4.39 Å². The van der Waals surface area contributed by atoms with E-state index >= 15 is 0 Å². The van der Waals surface area contributed by atoms with Crippen molar-refractivity contribution in [2.24, 2.45) is 0 Å². The molecule has 0 aliphatic carbocycles. The smallest absolute Gasteiger partial charge is 0.124 e. The minimum absolute atomic E-state index is 0.240. The SMILES string of the molecule is Fc1cc(Cl)cc(CC2CCCCCN2)c1. The number of rotatable bonds is 2. The van der Waals surface area contributed by atoms with Crippen LogP contribution in [-0.4, -0.2) is 12.6 Å². The average Bonchev–Trinajstić information content (AvgIpc) is 2.44. The first-order chi connectivity index (χ1) is 7.74. The Balaban J connectivity index is 2.01. The molecule has 1 aliphatic heterocycles. The van der Waals surface area contributed by atoms with Gasteiger partial charge in [0, 0.05) is 11.1 Å². The van der Waals surface area contributed by atoms with Crippen LogP contribution in [0.15, 0.2) is 18.2 Å². The second-order valence-corrected chi connectivity index (χ2v) is 4.92. The summed E-state index contributed by atoms with van der Waals surface area (Å²) in [6, 6.07) is 5.27. The maximum Gasteiger partial charge on any atom is 0.124 e. The predicted octanol–water partition coefficient (Wildman–Crippen LogP) is 3.55. The lowest BCUT2D eigenvalue weighted by Crippen LogP contribution is -2.30. The molecule has 0 bridgehead atoms. The van der Waals surface area contributed by atoms with Crippen molar-refractivity contribution in [2.45, 2.75) is 38.1 Å². The summed E-state index contributed by atoms with van der Waals surface area (Å²) in [5.41, 5.74) is 0.990. The molecule has 0 aromatic heterocycles. The Hall–Kier alpha value is -0.600. The van der Waals surface area contributed by atoms with Gasteiger partial charge in [-0.3, -0.25) is 0 Å². The normalized spacial score (nSPS) is 21.8. The van der Waals surface area contributed by atoms with Gasteiger partial charge in [0.15, 0.2) is 0 Å². The van der Waals surface area contributed by atoms with Crippen molar-refractivity contribution in [1.82, 2.24) is 5.32 Å². The molecular weight excluding hydrogens is 225 g/mol. The van der Waals surface area contributed by atoms with Gasteiger partial charge in [0.2, 0.25) is 0 Å². The van der Waals surface area contributed by atoms with Crippen LogP contribution >= 0.6 is 11.6 Å². The maximum absolute atomic E-state index is 13.2. The number of hydrogen-bond donors (Lipinski definition) is 1. The zero-order valence-electron chi connectivity index (χ0n) is 9.31. The monoisotopic (exact) mass is 241 g/mol. The molecule has 1 aliphatic rings. The minimum Gasteiger partial charge on any atom is -0.314 e. The quantitative estimate of drug-likeness (QED) is 0.835. The molecule has 1 fully saturated rings. The summed E-state index contributed by atoms with van der Waals surface area (Å²) in [4.78, 5) is 0. The van der Waals surface area contributed by atoms with Crippen molar-refractivity contribution in [2.75, 3.05) is 6.54 Å². The number of halogens is 2. The lowest BCUT2D eigenvalue weighted by atomic mass is 10.0. The summed E-state index contributed by atoms with van der Waals surface area (Å²) < 4.78 is 13.2. The predicted molar refractivity (Wildman–Crippen MR) is 65.4 cm³/mol. The van der Waals surface area contributed by atoms with Crippen molar-refractivity contribution in [3.05, 3.63) is 34.6 Å². The summed E-state index contributed by atoms with van der Waals surface area (Å²) in [7, 11) is 0. The van der Waals surface area contributed by atoms with E-state index in [0.29, 0.717) is 11.1 Å². The zero-order chi connectivity index (χ0) is 11.4. The van der Waals surface area contributed by atoms with Crippen molar-refractivity contribution in [3.63, 3.8) is 0 Å². The van der Waals surface area contributed by atoms with Gasteiger partial charge in [-0.05, 0) is 49.6 Å². The van der Waals surface area contributed by atoms with E-state index in [-0.39, 0.29) is 5.82 Å². The van der Waals surface area contributed by atoms with Gasteiger partial charge in [-0.2, -0.15) is 0 Å². The molecule has 0 saturated carbocycles. The molecule has 1 nitrogen and oxygen atoms in total. The molecule has 1 unspecified atom stereocenters. The van der Waals surface area contributed by atoms with Crippen LogP contribution in [0.3, 0.4) is 0 Å². The van der Waals surface area contributed by atoms with Crippen LogP contribution in [0, 0.1) is 5.82 Å². The average molecular weight is 242 g/mol. The van der Waals surface area contributed by atoms with E-state index in [2.05, 4.69) is 5.32 Å². The van der Waals surface area contributed by atoms with Crippen LogP contribution in [0.25, 0.3) is 0 Å². The number of benzene rings is 1. The third kappa shape index (κ3) is 3.46. The second kappa shape index (κ2) is 5.65. The highest BCUT2D eigenvalue weighted by atomic mass is 35.5. The third-order valence-corrected chi connectivity index (χ3v) is 3.29. The molecule has 1 atom stereocenters. The van der Waals surface area contributed by atoms with Gasteiger partial charge >= 0.3 is 0 Å². The summed E-state index contributed by atoms with van der Waals surface area (Å²) in [5.74, 6) is -0.240. The van der Waals surface area contributed by atoms with Gasteiger partial charge < -0.3 is 5.32 Å². The lowest BCUT2D eigenvalue weighted by molar-refractivity contribution is 0.506. The van der Waals surface area contributed by atoms with E-state index < -0.39 is 0 Å². The fourth-order valence-corrected chi connectivity index (χ4v) is 2.53. The van der Waals surface area contributed by atoms with Crippen LogP contribution in [0.1, 0.15) is 31.2 Å². The molecule has 1 heterocycles. The maximum atomic E-state index is 13.2. The summed E-state index contributed by atoms with van der Waals surface area (Å²) in [6.45, 7) is 1.08. The van der Waals surface area contributed by atoms with Crippen molar-refractivity contribution < 1.29 is 4.39 Å². The Morgan fingerprint density at radius 3 is 2.94 bits per heavy atom. The van der Waals surface area contributed by atoms with E-state index in [4.69, 9.17) is 11.6 Å². The van der Waals surface area contributed by atoms with Gasteiger partial charge in [0.1, 0.15) is 5.82 Å². The summed E-state index contributed by atoms with van der Waals surface area (Å²) in [6.07, 6.45) is 5.86. The van der Waals surface area contributed by atoms with Crippen LogP contribution in [0.5, 0.6) is 0 Å². The standard InChI is InChI=1S/C13H17ClFN/c14-11-6-10(7-12(15)9-11)8-13-4-2-1-3-5-16-13/h6-7,9,13,16H,1-5,8H2. The van der Waals surface area contributed by atoms with Gasteiger partial charge in [-0.1, -0.05) is 24.4 Å².